The Labute approximate surface area is 179 Å². The van der Waals surface area contributed by atoms with E-state index in [-0.39, 0.29) is 11.7 Å². The largest absolute Gasteiger partial charge is 0.321 e. The van der Waals surface area contributed by atoms with E-state index in [0.717, 1.165) is 27.2 Å². The Balaban J connectivity index is 1.45. The van der Waals surface area contributed by atoms with Gasteiger partial charge in [0.1, 0.15) is 10.6 Å². The van der Waals surface area contributed by atoms with Crippen LogP contribution in [0, 0.1) is 12.7 Å². The molecule has 0 bridgehead atoms. The van der Waals surface area contributed by atoms with Crippen LogP contribution in [0.5, 0.6) is 0 Å². The molecule has 10 heteroatoms. The van der Waals surface area contributed by atoms with E-state index in [0.29, 0.717) is 16.4 Å². The molecular weight excluding hydrogens is 417 g/mol. The van der Waals surface area contributed by atoms with Crippen molar-refractivity contribution in [1.82, 2.24) is 30.0 Å². The number of carbonyl (C=O) groups excluding carboxylic acids is 1. The van der Waals surface area contributed by atoms with Crippen molar-refractivity contribution in [2.45, 2.75) is 6.92 Å². The van der Waals surface area contributed by atoms with Crippen molar-refractivity contribution in [1.29, 1.82) is 0 Å². The molecule has 0 unspecified atom stereocenters. The van der Waals surface area contributed by atoms with Crippen molar-refractivity contribution in [3.63, 3.8) is 0 Å². The minimum absolute atomic E-state index is 0.223. The van der Waals surface area contributed by atoms with Gasteiger partial charge in [0.15, 0.2) is 5.82 Å². The van der Waals surface area contributed by atoms with E-state index in [1.165, 1.54) is 23.5 Å². The van der Waals surface area contributed by atoms with Crippen LogP contribution >= 0.6 is 11.3 Å². The molecular formula is C21H16FN7OS. The molecule has 0 aliphatic rings. The number of rotatable bonds is 4. The van der Waals surface area contributed by atoms with Crippen LogP contribution in [0.1, 0.15) is 15.4 Å². The number of nitrogens with zero attached hydrogens (tertiary/aromatic N) is 6. The van der Waals surface area contributed by atoms with Gasteiger partial charge in [-0.2, -0.15) is 5.10 Å². The van der Waals surface area contributed by atoms with E-state index in [4.69, 9.17) is 0 Å². The second-order valence-electron chi connectivity index (χ2n) is 6.96. The molecule has 5 aromatic rings. The van der Waals surface area contributed by atoms with Gasteiger partial charge in [-0.25, -0.2) is 13.8 Å². The smallest absolute Gasteiger partial charge is 0.265 e. The molecule has 154 valence electrons. The zero-order chi connectivity index (χ0) is 21.5. The van der Waals surface area contributed by atoms with Gasteiger partial charge >= 0.3 is 0 Å². The van der Waals surface area contributed by atoms with Gasteiger partial charge in [-0.05, 0) is 59.8 Å². The Morgan fingerprint density at radius 3 is 2.68 bits per heavy atom. The highest BCUT2D eigenvalue weighted by molar-refractivity contribution is 7.20. The lowest BCUT2D eigenvalue weighted by atomic mass is 10.2. The Kier molecular flexibility index (Phi) is 4.55. The maximum atomic E-state index is 13.3. The highest BCUT2D eigenvalue weighted by atomic mass is 32.1. The first-order valence-corrected chi connectivity index (χ1v) is 10.2. The summed E-state index contributed by atoms with van der Waals surface area (Å²) >= 11 is 1.33. The molecule has 0 saturated heterocycles. The molecule has 8 nitrogen and oxygen atoms in total. The highest BCUT2D eigenvalue weighted by Gasteiger charge is 2.18. The number of aromatic nitrogens is 6. The van der Waals surface area contributed by atoms with Gasteiger partial charge in [0.2, 0.25) is 0 Å². The second kappa shape index (κ2) is 7.40. The Bertz CT molecular complexity index is 1420. The van der Waals surface area contributed by atoms with Crippen molar-refractivity contribution in [3.8, 4) is 17.1 Å². The van der Waals surface area contributed by atoms with E-state index >= 15 is 0 Å². The maximum absolute atomic E-state index is 13.3. The molecule has 0 aliphatic heterocycles. The van der Waals surface area contributed by atoms with E-state index in [1.54, 1.807) is 28.5 Å². The topological polar surface area (TPSA) is 90.5 Å². The maximum Gasteiger partial charge on any atom is 0.265 e. The number of thiophene rings is 1. The first-order valence-electron chi connectivity index (χ1n) is 9.39. The van der Waals surface area contributed by atoms with Gasteiger partial charge in [-0.15, -0.1) is 16.4 Å². The average molecular weight is 433 g/mol. The SMILES string of the molecule is Cc1nn(-c2ccc(F)cc2)c2sc(C(=O)Nc3cccc(-c4nnnn4C)c3)cc12. The number of fused-ring (bicyclic) bond motifs is 1. The summed E-state index contributed by atoms with van der Waals surface area (Å²) in [6.45, 7) is 1.88. The van der Waals surface area contributed by atoms with Crippen LogP contribution < -0.4 is 5.32 Å². The second-order valence-corrected chi connectivity index (χ2v) is 7.99. The number of carbonyl (C=O) groups is 1. The lowest BCUT2D eigenvalue weighted by Gasteiger charge is -2.06. The van der Waals surface area contributed by atoms with E-state index in [1.807, 2.05) is 37.3 Å². The summed E-state index contributed by atoms with van der Waals surface area (Å²) in [6.07, 6.45) is 0. The normalized spacial score (nSPS) is 11.2. The summed E-state index contributed by atoms with van der Waals surface area (Å²) in [6, 6.07) is 15.3. The molecule has 0 radical (unpaired) electrons. The van der Waals surface area contributed by atoms with Gasteiger partial charge < -0.3 is 5.32 Å². The zero-order valence-electron chi connectivity index (χ0n) is 16.6. The monoisotopic (exact) mass is 433 g/mol. The van der Waals surface area contributed by atoms with Crippen LogP contribution in [0.2, 0.25) is 0 Å². The predicted octanol–water partition coefficient (Wildman–Crippen LogP) is 3.98. The molecule has 1 N–H and O–H groups in total. The molecule has 0 fully saturated rings. The van der Waals surface area contributed by atoms with Crippen LogP contribution in [0.15, 0.2) is 54.6 Å². The molecule has 0 atom stereocenters. The lowest BCUT2D eigenvalue weighted by molar-refractivity contribution is 0.103. The standard InChI is InChI=1S/C21H16FN7OS/c1-12-17-11-18(31-21(17)29(25-12)16-8-6-14(22)7-9-16)20(30)23-15-5-3-4-13(10-15)19-24-26-27-28(19)2/h3-11H,1-2H3,(H,23,30). The fourth-order valence-electron chi connectivity index (χ4n) is 3.32. The zero-order valence-corrected chi connectivity index (χ0v) is 17.4. The van der Waals surface area contributed by atoms with Crippen molar-refractivity contribution in [3.05, 3.63) is 71.0 Å². The summed E-state index contributed by atoms with van der Waals surface area (Å²) in [7, 11) is 1.75. The molecule has 3 aromatic heterocycles. The molecule has 1 amide bonds. The lowest BCUT2D eigenvalue weighted by Crippen LogP contribution is -2.10. The van der Waals surface area contributed by atoms with Crippen LogP contribution in [-0.2, 0) is 7.05 Å². The number of aryl methyl sites for hydroxylation is 2. The van der Waals surface area contributed by atoms with Crippen molar-refractivity contribution >= 4 is 33.1 Å². The third kappa shape index (κ3) is 3.46. The van der Waals surface area contributed by atoms with Crippen molar-refractivity contribution in [2.24, 2.45) is 7.05 Å². The minimum atomic E-state index is -0.311. The molecule has 0 spiro atoms. The highest BCUT2D eigenvalue weighted by Crippen LogP contribution is 2.31. The predicted molar refractivity (Wildman–Crippen MR) is 116 cm³/mol. The molecule has 0 aliphatic carbocycles. The van der Waals surface area contributed by atoms with Gasteiger partial charge in [0.25, 0.3) is 5.91 Å². The quantitative estimate of drug-likeness (QED) is 0.463. The number of hydrogen-bond acceptors (Lipinski definition) is 6. The number of hydrogen-bond donors (Lipinski definition) is 1. The minimum Gasteiger partial charge on any atom is -0.321 e. The van der Waals surface area contributed by atoms with Gasteiger partial charge in [0.05, 0.1) is 16.3 Å². The Morgan fingerprint density at radius 1 is 1.13 bits per heavy atom. The molecule has 31 heavy (non-hydrogen) atoms. The van der Waals surface area contributed by atoms with E-state index in [2.05, 4.69) is 25.9 Å². The van der Waals surface area contributed by atoms with Crippen molar-refractivity contribution in [2.75, 3.05) is 5.32 Å². The Hall–Kier alpha value is -3.92. The number of nitrogens with one attached hydrogen (secondary N) is 1. The summed E-state index contributed by atoms with van der Waals surface area (Å²) in [5.41, 5.74) is 2.97. The third-order valence-corrected chi connectivity index (χ3v) is 5.95. The number of anilines is 1. The summed E-state index contributed by atoms with van der Waals surface area (Å²) in [5, 5.41) is 19.8. The Morgan fingerprint density at radius 2 is 1.94 bits per heavy atom. The first kappa shape index (κ1) is 19.1. The summed E-state index contributed by atoms with van der Waals surface area (Å²) in [5.74, 6) is 0.0712. The van der Waals surface area contributed by atoms with Crippen LogP contribution in [0.3, 0.4) is 0 Å². The van der Waals surface area contributed by atoms with Gasteiger partial charge in [-0.3, -0.25) is 4.79 Å². The van der Waals surface area contributed by atoms with Crippen LogP contribution in [0.4, 0.5) is 10.1 Å². The van der Waals surface area contributed by atoms with E-state index in [9.17, 15) is 9.18 Å². The summed E-state index contributed by atoms with van der Waals surface area (Å²) in [4.78, 5) is 14.3. The first-order chi connectivity index (χ1) is 15.0. The fraction of sp³-hybridized carbons (Fsp3) is 0.0952. The molecule has 0 saturated carbocycles. The van der Waals surface area contributed by atoms with Crippen molar-refractivity contribution < 1.29 is 9.18 Å². The number of tetrazole rings is 1. The number of amides is 1. The molecule has 2 aromatic carbocycles. The van der Waals surface area contributed by atoms with E-state index < -0.39 is 0 Å². The molecule has 3 heterocycles. The average Bonchev–Trinajstić information content (AvgIpc) is 3.46. The van der Waals surface area contributed by atoms with Crippen LogP contribution in [-0.4, -0.2) is 35.9 Å². The van der Waals surface area contributed by atoms with Crippen LogP contribution in [0.25, 0.3) is 27.3 Å². The van der Waals surface area contributed by atoms with Gasteiger partial charge in [0, 0.05) is 23.7 Å². The third-order valence-electron chi connectivity index (χ3n) is 4.84. The summed E-state index contributed by atoms with van der Waals surface area (Å²) < 4.78 is 16.6. The fourth-order valence-corrected chi connectivity index (χ4v) is 4.40. The number of halogens is 1. The molecule has 5 rings (SSSR count). The van der Waals surface area contributed by atoms with Gasteiger partial charge in [-0.1, -0.05) is 12.1 Å². The number of benzene rings is 2.